The lowest BCUT2D eigenvalue weighted by atomic mass is 10.2. The van der Waals surface area contributed by atoms with Gasteiger partial charge in [0.05, 0.1) is 10.6 Å². The van der Waals surface area contributed by atoms with Crippen molar-refractivity contribution < 1.29 is 17.9 Å². The summed E-state index contributed by atoms with van der Waals surface area (Å²) in [5, 5.41) is 0. The van der Waals surface area contributed by atoms with Gasteiger partial charge in [-0.3, -0.25) is 4.72 Å². The quantitative estimate of drug-likeness (QED) is 0.942. The molecule has 5 nitrogen and oxygen atoms in total. The number of anilines is 1. The van der Waals surface area contributed by atoms with Crippen LogP contribution in [0, 0.1) is 6.92 Å². The van der Waals surface area contributed by atoms with Gasteiger partial charge in [0.1, 0.15) is 0 Å². The van der Waals surface area contributed by atoms with Crippen LogP contribution in [0.2, 0.25) is 0 Å². The first kappa shape index (κ1) is 14.7. The molecule has 0 aliphatic carbocycles. The Balaban J connectivity index is 1.86. The number of aryl methyl sites for hydroxylation is 1. The zero-order chi connectivity index (χ0) is 16.0. The van der Waals surface area contributed by atoms with Crippen LogP contribution in [0.25, 0.3) is 0 Å². The van der Waals surface area contributed by atoms with E-state index in [4.69, 9.17) is 9.47 Å². The Morgan fingerprint density at radius 2 is 1.59 bits per heavy atom. The van der Waals surface area contributed by atoms with Crippen molar-refractivity contribution in [2.75, 3.05) is 4.72 Å². The third-order valence-corrected chi connectivity index (χ3v) is 4.64. The summed E-state index contributed by atoms with van der Waals surface area (Å²) in [5.41, 5.74) is 1.44. The molecular weight excluding hydrogens is 302 g/mol. The average molecular weight is 319 g/mol. The zero-order valence-corrected chi connectivity index (χ0v) is 13.4. The van der Waals surface area contributed by atoms with E-state index < -0.39 is 15.8 Å². The van der Waals surface area contributed by atoms with E-state index in [-0.39, 0.29) is 4.90 Å². The first-order chi connectivity index (χ1) is 10.3. The van der Waals surface area contributed by atoms with Crippen LogP contribution in [0.5, 0.6) is 11.5 Å². The van der Waals surface area contributed by atoms with E-state index >= 15 is 0 Å². The van der Waals surface area contributed by atoms with Crippen molar-refractivity contribution in [3.63, 3.8) is 0 Å². The molecule has 0 amide bonds. The molecule has 1 N–H and O–H groups in total. The van der Waals surface area contributed by atoms with E-state index in [0.717, 1.165) is 5.56 Å². The van der Waals surface area contributed by atoms with Crippen LogP contribution in [0.15, 0.2) is 47.4 Å². The molecule has 0 saturated heterocycles. The molecule has 0 saturated carbocycles. The minimum atomic E-state index is -3.62. The van der Waals surface area contributed by atoms with Gasteiger partial charge in [-0.15, -0.1) is 0 Å². The van der Waals surface area contributed by atoms with Gasteiger partial charge in [0.2, 0.25) is 5.79 Å². The van der Waals surface area contributed by atoms with Crippen LogP contribution in [-0.4, -0.2) is 14.2 Å². The van der Waals surface area contributed by atoms with Crippen LogP contribution in [0.4, 0.5) is 5.69 Å². The highest BCUT2D eigenvalue weighted by Gasteiger charge is 2.31. The van der Waals surface area contributed by atoms with E-state index in [1.165, 1.54) is 0 Å². The Morgan fingerprint density at radius 3 is 2.27 bits per heavy atom. The second-order valence-corrected chi connectivity index (χ2v) is 7.37. The molecule has 22 heavy (non-hydrogen) atoms. The predicted molar refractivity (Wildman–Crippen MR) is 83.8 cm³/mol. The molecule has 0 atom stereocenters. The van der Waals surface area contributed by atoms with E-state index in [2.05, 4.69) is 4.72 Å². The summed E-state index contributed by atoms with van der Waals surface area (Å²) >= 11 is 0. The van der Waals surface area contributed by atoms with Crippen molar-refractivity contribution in [1.29, 1.82) is 0 Å². The van der Waals surface area contributed by atoms with Crippen LogP contribution in [0.1, 0.15) is 19.4 Å². The van der Waals surface area contributed by atoms with Crippen LogP contribution >= 0.6 is 0 Å². The lowest BCUT2D eigenvalue weighted by molar-refractivity contribution is -0.0431. The number of nitrogens with one attached hydrogen (secondary N) is 1. The van der Waals surface area contributed by atoms with Gasteiger partial charge >= 0.3 is 0 Å². The first-order valence-corrected chi connectivity index (χ1v) is 8.35. The Labute approximate surface area is 129 Å². The smallest absolute Gasteiger partial charge is 0.261 e. The molecule has 0 bridgehead atoms. The van der Waals surface area contributed by atoms with Crippen molar-refractivity contribution in [1.82, 2.24) is 0 Å². The van der Waals surface area contributed by atoms with E-state index in [9.17, 15) is 8.42 Å². The van der Waals surface area contributed by atoms with Crippen molar-refractivity contribution in [3.05, 3.63) is 48.0 Å². The lowest BCUT2D eigenvalue weighted by Gasteiger charge is -2.16. The number of benzene rings is 2. The van der Waals surface area contributed by atoms with Crippen LogP contribution < -0.4 is 14.2 Å². The van der Waals surface area contributed by atoms with Crippen molar-refractivity contribution in [3.8, 4) is 11.5 Å². The van der Waals surface area contributed by atoms with Gasteiger partial charge in [-0.25, -0.2) is 8.42 Å². The monoisotopic (exact) mass is 319 g/mol. The molecule has 0 fully saturated rings. The largest absolute Gasteiger partial charge is 0.449 e. The van der Waals surface area contributed by atoms with Gasteiger partial charge in [-0.1, -0.05) is 17.7 Å². The van der Waals surface area contributed by atoms with Crippen molar-refractivity contribution >= 4 is 15.7 Å². The third-order valence-electron chi connectivity index (χ3n) is 3.24. The third kappa shape index (κ3) is 2.87. The van der Waals surface area contributed by atoms with Gasteiger partial charge in [0, 0.05) is 19.9 Å². The molecule has 1 aliphatic rings. The minimum Gasteiger partial charge on any atom is -0.449 e. The molecule has 0 spiro atoms. The molecular formula is C16H17NO4S. The highest BCUT2D eigenvalue weighted by atomic mass is 32.2. The topological polar surface area (TPSA) is 64.6 Å². The molecule has 1 aliphatic heterocycles. The van der Waals surface area contributed by atoms with Crippen LogP contribution in [0.3, 0.4) is 0 Å². The fraction of sp³-hybridized carbons (Fsp3) is 0.250. The van der Waals surface area contributed by atoms with E-state index in [1.807, 2.05) is 6.92 Å². The highest BCUT2D eigenvalue weighted by molar-refractivity contribution is 7.92. The molecule has 6 heteroatoms. The fourth-order valence-electron chi connectivity index (χ4n) is 2.22. The van der Waals surface area contributed by atoms with Crippen molar-refractivity contribution in [2.45, 2.75) is 31.5 Å². The lowest BCUT2D eigenvalue weighted by Crippen LogP contribution is -2.29. The highest BCUT2D eigenvalue weighted by Crippen LogP contribution is 2.40. The summed E-state index contributed by atoms with van der Waals surface area (Å²) in [6, 6.07) is 11.6. The van der Waals surface area contributed by atoms with Gasteiger partial charge < -0.3 is 9.47 Å². The SMILES string of the molecule is Cc1ccc(S(=O)(=O)Nc2ccc3c(c2)OC(C)(C)O3)cc1. The summed E-state index contributed by atoms with van der Waals surface area (Å²) in [6.07, 6.45) is 0. The van der Waals surface area contributed by atoms with Crippen LogP contribution in [-0.2, 0) is 10.0 Å². The molecule has 2 aromatic rings. The minimum absolute atomic E-state index is 0.219. The van der Waals surface area contributed by atoms with E-state index in [0.29, 0.717) is 17.2 Å². The van der Waals surface area contributed by atoms with Gasteiger partial charge in [-0.2, -0.15) is 0 Å². The van der Waals surface area contributed by atoms with Gasteiger partial charge in [-0.05, 0) is 31.2 Å². The first-order valence-electron chi connectivity index (χ1n) is 6.87. The molecule has 1 heterocycles. The molecule has 0 unspecified atom stereocenters. The normalized spacial score (nSPS) is 15.6. The number of hydrogen-bond acceptors (Lipinski definition) is 4. The molecule has 116 valence electrons. The second kappa shape index (κ2) is 4.91. The number of rotatable bonds is 3. The molecule has 2 aromatic carbocycles. The standard InChI is InChI=1S/C16H17NO4S/c1-11-4-7-13(8-5-11)22(18,19)17-12-6-9-14-15(10-12)21-16(2,3)20-14/h4-10,17H,1-3H3. The maximum atomic E-state index is 12.4. The summed E-state index contributed by atoms with van der Waals surface area (Å²) in [5.74, 6) is 0.383. The summed E-state index contributed by atoms with van der Waals surface area (Å²) in [4.78, 5) is 0.219. The second-order valence-electron chi connectivity index (χ2n) is 5.68. The number of hydrogen-bond donors (Lipinski definition) is 1. The maximum absolute atomic E-state index is 12.4. The fourth-order valence-corrected chi connectivity index (χ4v) is 3.27. The zero-order valence-electron chi connectivity index (χ0n) is 12.6. The maximum Gasteiger partial charge on any atom is 0.261 e. The molecule has 0 radical (unpaired) electrons. The van der Waals surface area contributed by atoms with Crippen molar-refractivity contribution in [2.24, 2.45) is 0 Å². The number of ether oxygens (including phenoxy) is 2. The Kier molecular flexibility index (Phi) is 3.29. The summed E-state index contributed by atoms with van der Waals surface area (Å²) < 4.78 is 38.5. The summed E-state index contributed by atoms with van der Waals surface area (Å²) in [7, 11) is -3.62. The molecule has 0 aromatic heterocycles. The Hall–Kier alpha value is -2.21. The summed E-state index contributed by atoms with van der Waals surface area (Å²) in [6.45, 7) is 5.50. The Bertz CT molecular complexity index is 811. The average Bonchev–Trinajstić information content (AvgIpc) is 2.72. The van der Waals surface area contributed by atoms with Gasteiger partial charge in [0.15, 0.2) is 11.5 Å². The predicted octanol–water partition coefficient (Wildman–Crippen LogP) is 3.30. The Morgan fingerprint density at radius 1 is 0.955 bits per heavy atom. The molecule has 3 rings (SSSR count). The van der Waals surface area contributed by atoms with E-state index in [1.54, 1.807) is 56.3 Å². The van der Waals surface area contributed by atoms with Gasteiger partial charge in [0.25, 0.3) is 10.0 Å². The number of fused-ring (bicyclic) bond motifs is 1. The number of sulfonamides is 1.